The van der Waals surface area contributed by atoms with Gasteiger partial charge in [0.25, 0.3) is 0 Å². The molecule has 1 rings (SSSR count). The van der Waals surface area contributed by atoms with Crippen LogP contribution in [0.1, 0.15) is 53.4 Å². The van der Waals surface area contributed by atoms with Gasteiger partial charge >= 0.3 is 5.97 Å². The van der Waals surface area contributed by atoms with Gasteiger partial charge in [0.05, 0.1) is 6.04 Å². The minimum Gasteiger partial charge on any atom is -0.480 e. The Morgan fingerprint density at radius 3 is 2.29 bits per heavy atom. The number of carbonyl (C=O) groups excluding carboxylic acids is 2. The zero-order valence-corrected chi connectivity index (χ0v) is 15.1. The van der Waals surface area contributed by atoms with Crippen LogP contribution >= 0.6 is 0 Å². The lowest BCUT2D eigenvalue weighted by Crippen LogP contribution is -2.57. The molecule has 0 saturated carbocycles. The molecule has 1 aliphatic heterocycles. The summed E-state index contributed by atoms with van der Waals surface area (Å²) in [6.45, 7) is 8.08. The van der Waals surface area contributed by atoms with Gasteiger partial charge in [0.1, 0.15) is 12.1 Å². The Balaban J connectivity index is 2.91. The molecule has 0 unspecified atom stereocenters. The van der Waals surface area contributed by atoms with Crippen LogP contribution in [0.25, 0.3) is 0 Å². The van der Waals surface area contributed by atoms with Gasteiger partial charge < -0.3 is 21.1 Å². The Hall–Kier alpha value is -1.63. The van der Waals surface area contributed by atoms with Gasteiger partial charge in [-0.2, -0.15) is 0 Å². The third kappa shape index (κ3) is 4.69. The first kappa shape index (κ1) is 20.4. The smallest absolute Gasteiger partial charge is 0.326 e. The molecule has 1 heterocycles. The predicted molar refractivity (Wildman–Crippen MR) is 91.2 cm³/mol. The standard InChI is InChI=1S/C17H31N3O4/c1-5-10(3)13(18)15(21)19-14(11(4)6-2)16(22)20-9-7-8-12(20)17(23)24/h10-14H,5-9,18H2,1-4H3,(H,19,21)(H,23,24)/t10-,11-,12+,13-,14-/m0/s1. The molecule has 1 fully saturated rings. The molecule has 0 aromatic heterocycles. The van der Waals surface area contributed by atoms with Crippen molar-refractivity contribution in [2.24, 2.45) is 17.6 Å². The Morgan fingerprint density at radius 1 is 1.21 bits per heavy atom. The zero-order valence-electron chi connectivity index (χ0n) is 15.1. The van der Waals surface area contributed by atoms with E-state index in [1.165, 1.54) is 4.90 Å². The summed E-state index contributed by atoms with van der Waals surface area (Å²) in [6.07, 6.45) is 2.58. The molecule has 4 N–H and O–H groups in total. The molecule has 2 amide bonds. The number of nitrogens with one attached hydrogen (secondary N) is 1. The minimum absolute atomic E-state index is 0.0104. The maximum atomic E-state index is 12.9. The zero-order chi connectivity index (χ0) is 18.4. The predicted octanol–water partition coefficient (Wildman–Crippen LogP) is 0.966. The number of carbonyl (C=O) groups is 3. The summed E-state index contributed by atoms with van der Waals surface area (Å²) < 4.78 is 0. The number of nitrogens with two attached hydrogens (primary N) is 1. The molecule has 1 saturated heterocycles. The molecule has 0 spiro atoms. The number of likely N-dealkylation sites (tertiary alicyclic amines) is 1. The van der Waals surface area contributed by atoms with Crippen LogP contribution in [-0.4, -0.2) is 52.5 Å². The first-order valence-electron chi connectivity index (χ1n) is 8.83. The van der Waals surface area contributed by atoms with Crippen molar-refractivity contribution in [3.63, 3.8) is 0 Å². The third-order valence-corrected chi connectivity index (χ3v) is 5.16. The van der Waals surface area contributed by atoms with E-state index < -0.39 is 24.1 Å². The Labute approximate surface area is 144 Å². The fourth-order valence-corrected chi connectivity index (χ4v) is 2.91. The van der Waals surface area contributed by atoms with E-state index in [0.717, 1.165) is 6.42 Å². The Kier molecular flexibility index (Phi) is 7.66. The maximum Gasteiger partial charge on any atom is 0.326 e. The summed E-state index contributed by atoms with van der Waals surface area (Å²) in [5, 5.41) is 12.1. The van der Waals surface area contributed by atoms with Crippen LogP contribution in [0.5, 0.6) is 0 Å². The summed E-state index contributed by atoms with van der Waals surface area (Å²) in [5.41, 5.74) is 5.96. The van der Waals surface area contributed by atoms with Gasteiger partial charge in [0, 0.05) is 6.54 Å². The van der Waals surface area contributed by atoms with Gasteiger partial charge in [-0.3, -0.25) is 9.59 Å². The molecule has 0 aromatic rings. The number of hydrogen-bond acceptors (Lipinski definition) is 4. The number of nitrogens with zero attached hydrogens (tertiary/aromatic N) is 1. The molecular weight excluding hydrogens is 310 g/mol. The van der Waals surface area contributed by atoms with Crippen molar-refractivity contribution in [3.05, 3.63) is 0 Å². The number of aliphatic carboxylic acids is 1. The number of carboxylic acid groups (broad SMARTS) is 1. The van der Waals surface area contributed by atoms with Crippen molar-refractivity contribution in [1.82, 2.24) is 10.2 Å². The minimum atomic E-state index is -0.994. The highest BCUT2D eigenvalue weighted by Crippen LogP contribution is 2.21. The summed E-state index contributed by atoms with van der Waals surface area (Å²) >= 11 is 0. The first-order chi connectivity index (χ1) is 11.2. The second-order valence-corrected chi connectivity index (χ2v) is 6.81. The van der Waals surface area contributed by atoms with E-state index in [9.17, 15) is 19.5 Å². The average molecular weight is 341 g/mol. The molecule has 7 heteroatoms. The van der Waals surface area contributed by atoms with E-state index in [2.05, 4.69) is 5.32 Å². The number of hydrogen-bond donors (Lipinski definition) is 3. The average Bonchev–Trinajstić information content (AvgIpc) is 3.06. The van der Waals surface area contributed by atoms with Gasteiger partial charge in [0.15, 0.2) is 0 Å². The largest absolute Gasteiger partial charge is 0.480 e. The van der Waals surface area contributed by atoms with Gasteiger partial charge in [-0.1, -0.05) is 40.5 Å². The molecule has 0 aromatic carbocycles. The number of carboxylic acids is 1. The van der Waals surface area contributed by atoms with Gasteiger partial charge in [-0.15, -0.1) is 0 Å². The highest BCUT2D eigenvalue weighted by molar-refractivity contribution is 5.92. The lowest BCUT2D eigenvalue weighted by molar-refractivity contribution is -0.150. The van der Waals surface area contributed by atoms with Crippen molar-refractivity contribution in [3.8, 4) is 0 Å². The quantitative estimate of drug-likeness (QED) is 0.609. The van der Waals surface area contributed by atoms with Crippen molar-refractivity contribution >= 4 is 17.8 Å². The topological polar surface area (TPSA) is 113 Å². The van der Waals surface area contributed by atoms with E-state index in [1.54, 1.807) is 0 Å². The van der Waals surface area contributed by atoms with Crippen LogP contribution < -0.4 is 11.1 Å². The molecule has 7 nitrogen and oxygen atoms in total. The van der Waals surface area contributed by atoms with E-state index >= 15 is 0 Å². The van der Waals surface area contributed by atoms with E-state index in [1.807, 2.05) is 27.7 Å². The molecule has 0 radical (unpaired) electrons. The van der Waals surface area contributed by atoms with E-state index in [4.69, 9.17) is 5.73 Å². The number of amides is 2. The van der Waals surface area contributed by atoms with E-state index in [-0.39, 0.29) is 23.7 Å². The van der Waals surface area contributed by atoms with Gasteiger partial charge in [-0.05, 0) is 24.7 Å². The summed E-state index contributed by atoms with van der Waals surface area (Å²) in [7, 11) is 0. The molecule has 5 atom stereocenters. The van der Waals surface area contributed by atoms with Crippen LogP contribution in [0.2, 0.25) is 0 Å². The lowest BCUT2D eigenvalue weighted by Gasteiger charge is -2.31. The molecule has 24 heavy (non-hydrogen) atoms. The summed E-state index contributed by atoms with van der Waals surface area (Å²) in [6, 6.07) is -2.22. The van der Waals surface area contributed by atoms with Gasteiger partial charge in [0.2, 0.25) is 11.8 Å². The second kappa shape index (κ2) is 9.01. The fourth-order valence-electron chi connectivity index (χ4n) is 2.91. The summed E-state index contributed by atoms with van der Waals surface area (Å²) in [4.78, 5) is 38.0. The molecule has 0 bridgehead atoms. The highest BCUT2D eigenvalue weighted by Gasteiger charge is 2.39. The fraction of sp³-hybridized carbons (Fsp3) is 0.824. The summed E-state index contributed by atoms with van der Waals surface area (Å²) in [5.74, 6) is -1.75. The maximum absolute atomic E-state index is 12.9. The van der Waals surface area contributed by atoms with Crippen LogP contribution in [-0.2, 0) is 14.4 Å². The van der Waals surface area contributed by atoms with Crippen LogP contribution in [0, 0.1) is 11.8 Å². The van der Waals surface area contributed by atoms with Crippen LogP contribution in [0.3, 0.4) is 0 Å². The molecule has 138 valence electrons. The normalized spacial score (nSPS) is 22.5. The van der Waals surface area contributed by atoms with Crippen molar-refractivity contribution in [2.75, 3.05) is 6.54 Å². The van der Waals surface area contributed by atoms with Crippen molar-refractivity contribution in [2.45, 2.75) is 71.5 Å². The Bertz CT molecular complexity index is 469. The van der Waals surface area contributed by atoms with Gasteiger partial charge in [-0.25, -0.2) is 4.79 Å². The first-order valence-corrected chi connectivity index (χ1v) is 8.83. The number of rotatable bonds is 8. The van der Waals surface area contributed by atoms with Crippen molar-refractivity contribution < 1.29 is 19.5 Å². The monoisotopic (exact) mass is 341 g/mol. The SMILES string of the molecule is CC[C@H](C)[C@H](N)C(=O)N[C@H](C(=O)N1CCC[C@@H]1C(=O)O)[C@@H](C)CC. The third-order valence-electron chi connectivity index (χ3n) is 5.16. The van der Waals surface area contributed by atoms with E-state index in [0.29, 0.717) is 25.8 Å². The molecule has 0 aliphatic carbocycles. The lowest BCUT2D eigenvalue weighted by atomic mass is 9.95. The van der Waals surface area contributed by atoms with Crippen LogP contribution in [0.15, 0.2) is 0 Å². The molecular formula is C17H31N3O4. The Morgan fingerprint density at radius 2 is 1.79 bits per heavy atom. The van der Waals surface area contributed by atoms with Crippen LogP contribution in [0.4, 0.5) is 0 Å². The second-order valence-electron chi connectivity index (χ2n) is 6.81. The highest BCUT2D eigenvalue weighted by atomic mass is 16.4. The van der Waals surface area contributed by atoms with Crippen molar-refractivity contribution in [1.29, 1.82) is 0 Å². The molecule has 1 aliphatic rings.